The second kappa shape index (κ2) is 3.45. The summed E-state index contributed by atoms with van der Waals surface area (Å²) in [5.74, 6) is 0.695. The Morgan fingerprint density at radius 3 is 2.86 bits per heavy atom. The first-order chi connectivity index (χ1) is 6.68. The van der Waals surface area contributed by atoms with Crippen molar-refractivity contribution >= 4 is 10.9 Å². The van der Waals surface area contributed by atoms with Crippen LogP contribution in [0.25, 0.3) is 10.9 Å². The van der Waals surface area contributed by atoms with Crippen molar-refractivity contribution in [3.05, 3.63) is 30.0 Å². The summed E-state index contributed by atoms with van der Waals surface area (Å²) in [5.41, 5.74) is 2.63. The van der Waals surface area contributed by atoms with Gasteiger partial charge in [-0.3, -0.25) is 4.68 Å². The lowest BCUT2D eigenvalue weighted by molar-refractivity contribution is 0.650. The summed E-state index contributed by atoms with van der Waals surface area (Å²) >= 11 is 0. The summed E-state index contributed by atoms with van der Waals surface area (Å²) in [4.78, 5) is 0. The number of rotatable bonds is 2. The lowest BCUT2D eigenvalue weighted by Crippen LogP contribution is -1.94. The van der Waals surface area contributed by atoms with Gasteiger partial charge in [0.1, 0.15) is 0 Å². The molecule has 0 unspecified atom stereocenters. The van der Waals surface area contributed by atoms with Gasteiger partial charge < -0.3 is 0 Å². The van der Waals surface area contributed by atoms with Gasteiger partial charge in [0.05, 0.1) is 11.7 Å². The molecule has 2 heteroatoms. The summed E-state index contributed by atoms with van der Waals surface area (Å²) < 4.78 is 1.93. The van der Waals surface area contributed by atoms with Crippen LogP contribution >= 0.6 is 0 Å². The molecule has 0 atom stereocenters. The topological polar surface area (TPSA) is 17.8 Å². The molecule has 0 bridgehead atoms. The fourth-order valence-corrected chi connectivity index (χ4v) is 1.86. The van der Waals surface area contributed by atoms with E-state index < -0.39 is 0 Å². The molecule has 2 rings (SSSR count). The standard InChI is InChI=1S/C12H16N2/c1-9(2)7-10-5-4-6-12-11(10)8-13-14(12)3/h4-6,8-9H,7H2,1-3H3. The van der Waals surface area contributed by atoms with Gasteiger partial charge in [0, 0.05) is 12.4 Å². The van der Waals surface area contributed by atoms with Crippen LogP contribution in [-0.4, -0.2) is 9.78 Å². The van der Waals surface area contributed by atoms with Crippen molar-refractivity contribution in [3.8, 4) is 0 Å². The fourth-order valence-electron chi connectivity index (χ4n) is 1.86. The third-order valence-corrected chi connectivity index (χ3v) is 2.51. The Morgan fingerprint density at radius 1 is 1.36 bits per heavy atom. The summed E-state index contributed by atoms with van der Waals surface area (Å²) in [6.45, 7) is 4.49. The van der Waals surface area contributed by atoms with Crippen molar-refractivity contribution < 1.29 is 0 Å². The van der Waals surface area contributed by atoms with Crippen molar-refractivity contribution in [3.63, 3.8) is 0 Å². The maximum absolute atomic E-state index is 4.28. The third-order valence-electron chi connectivity index (χ3n) is 2.51. The Labute approximate surface area is 84.5 Å². The van der Waals surface area contributed by atoms with Crippen LogP contribution < -0.4 is 0 Å². The minimum absolute atomic E-state index is 0.695. The third kappa shape index (κ3) is 1.52. The largest absolute Gasteiger partial charge is 0.268 e. The average Bonchev–Trinajstić information content (AvgIpc) is 2.49. The maximum Gasteiger partial charge on any atom is 0.0681 e. The molecule has 0 aliphatic heterocycles. The molecule has 2 aromatic rings. The second-order valence-electron chi connectivity index (χ2n) is 4.22. The van der Waals surface area contributed by atoms with E-state index in [1.54, 1.807) is 0 Å². The number of hydrogen-bond donors (Lipinski definition) is 0. The molecular formula is C12H16N2. The first-order valence-corrected chi connectivity index (χ1v) is 5.08. The van der Waals surface area contributed by atoms with Crippen LogP contribution in [0.5, 0.6) is 0 Å². The van der Waals surface area contributed by atoms with Crippen LogP contribution in [0.4, 0.5) is 0 Å². The van der Waals surface area contributed by atoms with Crippen LogP contribution in [0.15, 0.2) is 24.4 Å². The molecule has 14 heavy (non-hydrogen) atoms. The SMILES string of the molecule is CC(C)Cc1cccc2c1cnn2C. The summed E-state index contributed by atoms with van der Waals surface area (Å²) in [6.07, 6.45) is 3.09. The monoisotopic (exact) mass is 188 g/mol. The molecule has 0 fully saturated rings. The molecule has 0 N–H and O–H groups in total. The molecule has 1 aromatic carbocycles. The summed E-state index contributed by atoms with van der Waals surface area (Å²) in [6, 6.07) is 6.43. The molecule has 1 aromatic heterocycles. The molecule has 2 nitrogen and oxygen atoms in total. The van der Waals surface area contributed by atoms with Crippen molar-refractivity contribution in [1.82, 2.24) is 9.78 Å². The van der Waals surface area contributed by atoms with Crippen molar-refractivity contribution in [1.29, 1.82) is 0 Å². The molecule has 0 saturated heterocycles. The van der Waals surface area contributed by atoms with E-state index in [-0.39, 0.29) is 0 Å². The molecule has 1 heterocycles. The predicted molar refractivity (Wildman–Crippen MR) is 59.3 cm³/mol. The smallest absolute Gasteiger partial charge is 0.0681 e. The highest BCUT2D eigenvalue weighted by Crippen LogP contribution is 2.20. The van der Waals surface area contributed by atoms with E-state index in [9.17, 15) is 0 Å². The van der Waals surface area contributed by atoms with E-state index in [1.165, 1.54) is 16.5 Å². The van der Waals surface area contributed by atoms with Crippen molar-refractivity contribution in [2.24, 2.45) is 13.0 Å². The van der Waals surface area contributed by atoms with Crippen LogP contribution in [0.1, 0.15) is 19.4 Å². The maximum atomic E-state index is 4.28. The van der Waals surface area contributed by atoms with E-state index >= 15 is 0 Å². The molecule has 74 valence electrons. The van der Waals surface area contributed by atoms with Gasteiger partial charge in [0.2, 0.25) is 0 Å². The average molecular weight is 188 g/mol. The normalized spacial score (nSPS) is 11.4. The quantitative estimate of drug-likeness (QED) is 0.708. The summed E-state index contributed by atoms with van der Waals surface area (Å²) in [7, 11) is 1.99. The molecule has 0 radical (unpaired) electrons. The van der Waals surface area contributed by atoms with Gasteiger partial charge in [-0.15, -0.1) is 0 Å². The lowest BCUT2D eigenvalue weighted by atomic mass is 10.0. The van der Waals surface area contributed by atoms with E-state index in [4.69, 9.17) is 0 Å². The van der Waals surface area contributed by atoms with Crippen molar-refractivity contribution in [2.75, 3.05) is 0 Å². The van der Waals surface area contributed by atoms with Crippen molar-refractivity contribution in [2.45, 2.75) is 20.3 Å². The molecule has 0 aliphatic rings. The Kier molecular flexibility index (Phi) is 2.28. The molecule has 0 amide bonds. The van der Waals surface area contributed by atoms with Gasteiger partial charge in [-0.2, -0.15) is 5.10 Å². The first kappa shape index (κ1) is 9.25. The number of aryl methyl sites for hydroxylation is 1. The summed E-state index contributed by atoms with van der Waals surface area (Å²) in [5, 5.41) is 5.58. The van der Waals surface area contributed by atoms with Crippen LogP contribution in [-0.2, 0) is 13.5 Å². The van der Waals surface area contributed by atoms with Gasteiger partial charge in [0.25, 0.3) is 0 Å². The second-order valence-corrected chi connectivity index (χ2v) is 4.22. The Morgan fingerprint density at radius 2 is 2.14 bits per heavy atom. The highest BCUT2D eigenvalue weighted by Gasteiger charge is 2.05. The van der Waals surface area contributed by atoms with E-state index in [0.717, 1.165) is 6.42 Å². The Balaban J connectivity index is 2.54. The van der Waals surface area contributed by atoms with Gasteiger partial charge >= 0.3 is 0 Å². The predicted octanol–water partition coefficient (Wildman–Crippen LogP) is 2.77. The molecule has 0 saturated carbocycles. The van der Waals surface area contributed by atoms with Crippen LogP contribution in [0.2, 0.25) is 0 Å². The zero-order valence-electron chi connectivity index (χ0n) is 8.99. The number of aromatic nitrogens is 2. The Hall–Kier alpha value is -1.31. The number of fused-ring (bicyclic) bond motifs is 1. The minimum atomic E-state index is 0.695. The Bertz CT molecular complexity index is 441. The van der Waals surface area contributed by atoms with Crippen LogP contribution in [0, 0.1) is 5.92 Å². The molecule has 0 aliphatic carbocycles. The number of nitrogens with zero attached hydrogens (tertiary/aromatic N) is 2. The van der Waals surface area contributed by atoms with E-state index in [2.05, 4.69) is 37.1 Å². The van der Waals surface area contributed by atoms with E-state index in [0.29, 0.717) is 5.92 Å². The molecular weight excluding hydrogens is 172 g/mol. The first-order valence-electron chi connectivity index (χ1n) is 5.08. The van der Waals surface area contributed by atoms with Gasteiger partial charge in [-0.05, 0) is 24.0 Å². The lowest BCUT2D eigenvalue weighted by Gasteiger charge is -2.05. The highest BCUT2D eigenvalue weighted by atomic mass is 15.2. The van der Waals surface area contributed by atoms with Gasteiger partial charge in [0.15, 0.2) is 0 Å². The van der Waals surface area contributed by atoms with Gasteiger partial charge in [-0.1, -0.05) is 26.0 Å². The molecule has 0 spiro atoms. The van der Waals surface area contributed by atoms with Gasteiger partial charge in [-0.25, -0.2) is 0 Å². The number of hydrogen-bond acceptors (Lipinski definition) is 1. The highest BCUT2D eigenvalue weighted by molar-refractivity contribution is 5.82. The zero-order chi connectivity index (χ0) is 10.1. The van der Waals surface area contributed by atoms with E-state index in [1.807, 2.05) is 17.9 Å². The number of benzene rings is 1. The fraction of sp³-hybridized carbons (Fsp3) is 0.417. The van der Waals surface area contributed by atoms with Crippen LogP contribution in [0.3, 0.4) is 0 Å². The zero-order valence-corrected chi connectivity index (χ0v) is 8.99. The minimum Gasteiger partial charge on any atom is -0.268 e.